The van der Waals surface area contributed by atoms with Crippen LogP contribution in [-0.4, -0.2) is 12.1 Å². The van der Waals surface area contributed by atoms with Gasteiger partial charge in [-0.2, -0.15) is 0 Å². The lowest BCUT2D eigenvalue weighted by Gasteiger charge is -2.38. The summed E-state index contributed by atoms with van der Waals surface area (Å²) in [4.78, 5) is 0. The van der Waals surface area contributed by atoms with Gasteiger partial charge in [-0.25, -0.2) is 0 Å². The topological polar surface area (TPSA) is 12.0 Å². The zero-order valence-corrected chi connectivity index (χ0v) is 12.1. The van der Waals surface area contributed by atoms with Gasteiger partial charge >= 0.3 is 0 Å². The molecule has 100 valence electrons. The summed E-state index contributed by atoms with van der Waals surface area (Å²) >= 11 is 0. The Kier molecular flexibility index (Phi) is 4.52. The first kappa shape index (κ1) is 13.4. The Morgan fingerprint density at radius 2 is 1.53 bits per heavy atom. The van der Waals surface area contributed by atoms with Crippen molar-refractivity contribution < 1.29 is 0 Å². The van der Waals surface area contributed by atoms with Gasteiger partial charge in [-0.05, 0) is 56.8 Å². The zero-order chi connectivity index (χ0) is 12.3. The molecule has 1 nitrogen and oxygen atoms in total. The average Bonchev–Trinajstić information content (AvgIpc) is 2.33. The molecule has 0 aromatic carbocycles. The lowest BCUT2D eigenvalue weighted by molar-refractivity contribution is 0.180. The van der Waals surface area contributed by atoms with E-state index < -0.39 is 0 Å². The number of hydrogen-bond acceptors (Lipinski definition) is 1. The molecule has 2 rings (SSSR count). The fourth-order valence-electron chi connectivity index (χ4n) is 3.71. The van der Waals surface area contributed by atoms with Crippen LogP contribution >= 0.6 is 0 Å². The van der Waals surface area contributed by atoms with Crippen LogP contribution in [0, 0.1) is 11.3 Å². The summed E-state index contributed by atoms with van der Waals surface area (Å²) in [5.74, 6) is 0.957. The molecule has 0 unspecified atom stereocenters. The van der Waals surface area contributed by atoms with Gasteiger partial charge in [0, 0.05) is 12.1 Å². The Bertz CT molecular complexity index is 218. The second kappa shape index (κ2) is 5.73. The molecule has 0 aromatic heterocycles. The molecule has 1 N–H and O–H groups in total. The highest BCUT2D eigenvalue weighted by Crippen LogP contribution is 2.35. The minimum atomic E-state index is 0.603. The fraction of sp³-hybridized carbons (Fsp3) is 1.00. The summed E-state index contributed by atoms with van der Waals surface area (Å²) in [6.45, 7) is 7.28. The van der Waals surface area contributed by atoms with E-state index in [4.69, 9.17) is 0 Å². The normalized spacial score (nSPS) is 29.1. The van der Waals surface area contributed by atoms with E-state index in [1.54, 1.807) is 0 Å². The first-order valence-corrected chi connectivity index (χ1v) is 7.83. The molecule has 17 heavy (non-hydrogen) atoms. The van der Waals surface area contributed by atoms with E-state index in [9.17, 15) is 0 Å². The predicted molar refractivity (Wildman–Crippen MR) is 75.2 cm³/mol. The third-order valence-corrected chi connectivity index (χ3v) is 5.19. The molecule has 0 aromatic rings. The van der Waals surface area contributed by atoms with Gasteiger partial charge in [0.1, 0.15) is 0 Å². The van der Waals surface area contributed by atoms with E-state index in [2.05, 4.69) is 26.1 Å². The Balaban J connectivity index is 1.73. The summed E-state index contributed by atoms with van der Waals surface area (Å²) in [5.41, 5.74) is 0.603. The maximum Gasteiger partial charge on any atom is 0.00700 e. The average molecular weight is 237 g/mol. The lowest BCUT2D eigenvalue weighted by atomic mass is 9.75. The molecular formula is C16H31N. The first-order chi connectivity index (χ1) is 8.07. The van der Waals surface area contributed by atoms with Crippen molar-refractivity contribution >= 4 is 0 Å². The van der Waals surface area contributed by atoms with Gasteiger partial charge in [0.15, 0.2) is 0 Å². The standard InChI is InChI=1S/C16H31N/c1-13(14-7-5-4-6-8-14)17-15-9-11-16(2,3)12-10-15/h13-15,17H,4-12H2,1-3H3/t13-/m1/s1. The molecule has 2 aliphatic carbocycles. The highest BCUT2D eigenvalue weighted by atomic mass is 15.0. The summed E-state index contributed by atoms with van der Waals surface area (Å²) < 4.78 is 0. The predicted octanol–water partition coefficient (Wildman–Crippen LogP) is 4.51. The SMILES string of the molecule is C[C@@H](NC1CCC(C)(C)CC1)C1CCCCC1. The largest absolute Gasteiger partial charge is 0.311 e. The Labute approximate surface area is 108 Å². The fourth-order valence-corrected chi connectivity index (χ4v) is 3.71. The molecule has 0 saturated heterocycles. The van der Waals surface area contributed by atoms with Crippen LogP contribution in [0.1, 0.15) is 78.6 Å². The van der Waals surface area contributed by atoms with Crippen LogP contribution in [0.3, 0.4) is 0 Å². The van der Waals surface area contributed by atoms with Crippen molar-refractivity contribution in [3.05, 3.63) is 0 Å². The van der Waals surface area contributed by atoms with Crippen LogP contribution in [0.15, 0.2) is 0 Å². The van der Waals surface area contributed by atoms with Crippen molar-refractivity contribution in [2.75, 3.05) is 0 Å². The van der Waals surface area contributed by atoms with Crippen molar-refractivity contribution in [3.8, 4) is 0 Å². The maximum absolute atomic E-state index is 3.93. The van der Waals surface area contributed by atoms with Crippen molar-refractivity contribution in [3.63, 3.8) is 0 Å². The van der Waals surface area contributed by atoms with Crippen LogP contribution in [0.25, 0.3) is 0 Å². The maximum atomic E-state index is 3.93. The Morgan fingerprint density at radius 1 is 0.941 bits per heavy atom. The molecule has 0 heterocycles. The third-order valence-electron chi connectivity index (χ3n) is 5.19. The van der Waals surface area contributed by atoms with E-state index >= 15 is 0 Å². The molecular weight excluding hydrogens is 206 g/mol. The van der Waals surface area contributed by atoms with E-state index in [0.29, 0.717) is 5.41 Å². The summed E-state index contributed by atoms with van der Waals surface area (Å²) in [6.07, 6.45) is 12.9. The minimum absolute atomic E-state index is 0.603. The van der Waals surface area contributed by atoms with Gasteiger partial charge in [0.25, 0.3) is 0 Å². The molecule has 0 radical (unpaired) electrons. The Morgan fingerprint density at radius 3 is 2.12 bits per heavy atom. The van der Waals surface area contributed by atoms with Crippen molar-refractivity contribution in [2.24, 2.45) is 11.3 Å². The third kappa shape index (κ3) is 3.98. The first-order valence-electron chi connectivity index (χ1n) is 7.83. The molecule has 0 amide bonds. The molecule has 1 atom stereocenters. The highest BCUT2D eigenvalue weighted by Gasteiger charge is 2.29. The minimum Gasteiger partial charge on any atom is -0.311 e. The van der Waals surface area contributed by atoms with Crippen LogP contribution in [0.5, 0.6) is 0 Å². The second-order valence-electron chi connectivity index (χ2n) is 7.29. The smallest absolute Gasteiger partial charge is 0.00700 e. The highest BCUT2D eigenvalue weighted by molar-refractivity contribution is 4.85. The molecule has 0 aliphatic heterocycles. The van der Waals surface area contributed by atoms with Crippen LogP contribution in [0.2, 0.25) is 0 Å². The van der Waals surface area contributed by atoms with Crippen molar-refractivity contribution in [1.29, 1.82) is 0 Å². The Hall–Kier alpha value is -0.0400. The van der Waals surface area contributed by atoms with Gasteiger partial charge in [-0.1, -0.05) is 33.1 Å². The number of nitrogens with one attached hydrogen (secondary N) is 1. The van der Waals surface area contributed by atoms with Crippen LogP contribution in [-0.2, 0) is 0 Å². The molecule has 2 saturated carbocycles. The number of rotatable bonds is 3. The van der Waals surface area contributed by atoms with Gasteiger partial charge in [0.05, 0.1) is 0 Å². The summed E-state index contributed by atoms with van der Waals surface area (Å²) in [7, 11) is 0. The van der Waals surface area contributed by atoms with Crippen LogP contribution in [0.4, 0.5) is 0 Å². The molecule has 2 aliphatic rings. The zero-order valence-electron chi connectivity index (χ0n) is 12.1. The summed E-state index contributed by atoms with van der Waals surface area (Å²) in [6, 6.07) is 1.56. The quantitative estimate of drug-likeness (QED) is 0.761. The van der Waals surface area contributed by atoms with E-state index in [1.807, 2.05) is 0 Å². The van der Waals surface area contributed by atoms with Crippen molar-refractivity contribution in [2.45, 2.75) is 90.6 Å². The van der Waals surface area contributed by atoms with E-state index in [1.165, 1.54) is 57.8 Å². The van der Waals surface area contributed by atoms with Crippen molar-refractivity contribution in [1.82, 2.24) is 5.32 Å². The van der Waals surface area contributed by atoms with Gasteiger partial charge < -0.3 is 5.32 Å². The molecule has 2 fully saturated rings. The van der Waals surface area contributed by atoms with E-state index in [-0.39, 0.29) is 0 Å². The van der Waals surface area contributed by atoms with Gasteiger partial charge in [0.2, 0.25) is 0 Å². The summed E-state index contributed by atoms with van der Waals surface area (Å²) in [5, 5.41) is 3.93. The van der Waals surface area contributed by atoms with Gasteiger partial charge in [-0.15, -0.1) is 0 Å². The van der Waals surface area contributed by atoms with Crippen LogP contribution < -0.4 is 5.32 Å². The van der Waals surface area contributed by atoms with Gasteiger partial charge in [-0.3, -0.25) is 0 Å². The van der Waals surface area contributed by atoms with E-state index in [0.717, 1.165) is 18.0 Å². The molecule has 1 heteroatoms. The monoisotopic (exact) mass is 237 g/mol. The number of hydrogen-bond donors (Lipinski definition) is 1. The molecule has 0 spiro atoms. The second-order valence-corrected chi connectivity index (χ2v) is 7.29. The lowest BCUT2D eigenvalue weighted by Crippen LogP contribution is -2.44. The molecule has 0 bridgehead atoms.